The molecule has 0 unspecified atom stereocenters. The van der Waals surface area contributed by atoms with Gasteiger partial charge in [0, 0.05) is 11.3 Å². The first kappa shape index (κ1) is 19.9. The van der Waals surface area contributed by atoms with E-state index in [1.165, 1.54) is 16.2 Å². The fourth-order valence-corrected chi connectivity index (χ4v) is 4.79. The zero-order chi connectivity index (χ0) is 19.6. The summed E-state index contributed by atoms with van der Waals surface area (Å²) in [6.07, 6.45) is 4.24. The molecule has 146 valence electrons. The van der Waals surface area contributed by atoms with E-state index in [-0.39, 0.29) is 18.3 Å². The van der Waals surface area contributed by atoms with E-state index < -0.39 is 0 Å². The van der Waals surface area contributed by atoms with Crippen molar-refractivity contribution in [3.8, 4) is 0 Å². The number of carbonyl (C=O) groups excluding carboxylic acids is 2. The minimum atomic E-state index is -0.350. The minimum absolute atomic E-state index is 0.150. The van der Waals surface area contributed by atoms with Crippen molar-refractivity contribution in [1.29, 1.82) is 0 Å². The molecule has 0 atom stereocenters. The Kier molecular flexibility index (Phi) is 6.22. The molecular weight excluding hydrogens is 386 g/mol. The molecule has 0 saturated heterocycles. The van der Waals surface area contributed by atoms with Crippen molar-refractivity contribution in [3.63, 3.8) is 0 Å². The molecule has 2 heterocycles. The fourth-order valence-electron chi connectivity index (χ4n) is 3.36. The van der Waals surface area contributed by atoms with Crippen molar-refractivity contribution in [2.45, 2.75) is 59.4 Å². The predicted molar refractivity (Wildman–Crippen MR) is 107 cm³/mol. The SMILES string of the molecule is CCOC(=O)c1c(NC(=O)CCn2nc(C)c(Cl)c2C)sc2c1CCCC2. The van der Waals surface area contributed by atoms with Gasteiger partial charge in [-0.3, -0.25) is 9.48 Å². The molecule has 0 fully saturated rings. The molecule has 27 heavy (non-hydrogen) atoms. The van der Waals surface area contributed by atoms with Gasteiger partial charge in [-0.2, -0.15) is 5.10 Å². The lowest BCUT2D eigenvalue weighted by atomic mass is 9.95. The van der Waals surface area contributed by atoms with Crippen LogP contribution in [0.3, 0.4) is 0 Å². The quantitative estimate of drug-likeness (QED) is 0.722. The number of esters is 1. The molecule has 0 bridgehead atoms. The van der Waals surface area contributed by atoms with Crippen LogP contribution >= 0.6 is 22.9 Å². The first-order chi connectivity index (χ1) is 12.9. The number of nitrogens with zero attached hydrogens (tertiary/aromatic N) is 2. The highest BCUT2D eigenvalue weighted by atomic mass is 35.5. The largest absolute Gasteiger partial charge is 0.462 e. The van der Waals surface area contributed by atoms with E-state index in [0.717, 1.165) is 42.6 Å². The van der Waals surface area contributed by atoms with E-state index in [0.29, 0.717) is 28.7 Å². The summed E-state index contributed by atoms with van der Waals surface area (Å²) in [5, 5.41) is 8.51. The highest BCUT2D eigenvalue weighted by molar-refractivity contribution is 7.17. The van der Waals surface area contributed by atoms with Crippen LogP contribution in [0.2, 0.25) is 5.02 Å². The molecule has 8 heteroatoms. The summed E-state index contributed by atoms with van der Waals surface area (Å²) in [6.45, 7) is 6.26. The normalized spacial score (nSPS) is 13.3. The standard InChI is InChI=1S/C19H24ClN3O3S/c1-4-26-19(25)16-13-7-5-6-8-14(13)27-18(16)21-15(24)9-10-23-12(3)17(20)11(2)22-23/h4-10H2,1-3H3,(H,21,24). The first-order valence-corrected chi connectivity index (χ1v) is 10.4. The van der Waals surface area contributed by atoms with E-state index in [2.05, 4.69) is 10.4 Å². The second kappa shape index (κ2) is 8.44. The lowest BCUT2D eigenvalue weighted by molar-refractivity contribution is -0.116. The van der Waals surface area contributed by atoms with Crippen LogP contribution in [0.1, 0.15) is 58.4 Å². The highest BCUT2D eigenvalue weighted by Gasteiger charge is 2.27. The molecule has 0 aromatic carbocycles. The van der Waals surface area contributed by atoms with E-state index >= 15 is 0 Å². The summed E-state index contributed by atoms with van der Waals surface area (Å²) in [5.41, 5.74) is 3.19. The number of nitrogens with one attached hydrogen (secondary N) is 1. The Morgan fingerprint density at radius 3 is 2.70 bits per heavy atom. The maximum Gasteiger partial charge on any atom is 0.341 e. The van der Waals surface area contributed by atoms with Gasteiger partial charge in [0.1, 0.15) is 5.00 Å². The van der Waals surface area contributed by atoms with E-state index in [1.54, 1.807) is 11.6 Å². The van der Waals surface area contributed by atoms with Crippen molar-refractivity contribution in [2.24, 2.45) is 0 Å². The summed E-state index contributed by atoms with van der Waals surface area (Å²) < 4.78 is 6.96. The molecule has 0 saturated carbocycles. The second-order valence-electron chi connectivity index (χ2n) is 6.64. The highest BCUT2D eigenvalue weighted by Crippen LogP contribution is 2.38. The van der Waals surface area contributed by atoms with Crippen molar-refractivity contribution >= 4 is 39.8 Å². The third-order valence-electron chi connectivity index (χ3n) is 4.75. The van der Waals surface area contributed by atoms with Crippen LogP contribution in [0.5, 0.6) is 0 Å². The third kappa shape index (κ3) is 4.19. The van der Waals surface area contributed by atoms with Gasteiger partial charge in [-0.25, -0.2) is 4.79 Å². The Morgan fingerprint density at radius 2 is 2.04 bits per heavy atom. The van der Waals surface area contributed by atoms with Gasteiger partial charge in [0.2, 0.25) is 5.91 Å². The zero-order valence-corrected chi connectivity index (χ0v) is 17.4. The topological polar surface area (TPSA) is 73.2 Å². The van der Waals surface area contributed by atoms with Crippen LogP contribution in [-0.2, 0) is 28.9 Å². The van der Waals surface area contributed by atoms with Crippen LogP contribution in [0.4, 0.5) is 5.00 Å². The molecule has 1 aliphatic carbocycles. The van der Waals surface area contributed by atoms with Gasteiger partial charge < -0.3 is 10.1 Å². The number of hydrogen-bond donors (Lipinski definition) is 1. The lowest BCUT2D eigenvalue weighted by Crippen LogP contribution is -2.17. The smallest absolute Gasteiger partial charge is 0.341 e. The van der Waals surface area contributed by atoms with Crippen molar-refractivity contribution in [1.82, 2.24) is 9.78 Å². The van der Waals surface area contributed by atoms with Crippen LogP contribution < -0.4 is 5.32 Å². The molecule has 1 amide bonds. The number of fused-ring (bicyclic) bond motifs is 1. The maximum absolute atomic E-state index is 12.5. The molecule has 3 rings (SSSR count). The van der Waals surface area contributed by atoms with Gasteiger partial charge in [0.05, 0.1) is 35.1 Å². The number of aromatic nitrogens is 2. The number of aryl methyl sites for hydroxylation is 3. The number of thiophene rings is 1. The van der Waals surface area contributed by atoms with Gasteiger partial charge in [0.25, 0.3) is 0 Å². The van der Waals surface area contributed by atoms with Crippen molar-refractivity contribution < 1.29 is 14.3 Å². The van der Waals surface area contributed by atoms with Gasteiger partial charge in [-0.15, -0.1) is 11.3 Å². The van der Waals surface area contributed by atoms with Crippen LogP contribution in [0.15, 0.2) is 0 Å². The van der Waals surface area contributed by atoms with Gasteiger partial charge in [-0.1, -0.05) is 11.6 Å². The summed E-state index contributed by atoms with van der Waals surface area (Å²) in [5.74, 6) is -0.500. The van der Waals surface area contributed by atoms with Crippen LogP contribution in [0.25, 0.3) is 0 Å². The molecule has 0 spiro atoms. The molecule has 2 aromatic rings. The van der Waals surface area contributed by atoms with Crippen LogP contribution in [-0.4, -0.2) is 28.3 Å². The molecule has 6 nitrogen and oxygen atoms in total. The number of halogens is 1. The molecule has 2 aromatic heterocycles. The summed E-state index contributed by atoms with van der Waals surface area (Å²) in [4.78, 5) is 26.1. The average molecular weight is 410 g/mol. The minimum Gasteiger partial charge on any atom is -0.462 e. The Labute approximate surface area is 167 Å². The van der Waals surface area contributed by atoms with Gasteiger partial charge >= 0.3 is 5.97 Å². The number of amides is 1. The van der Waals surface area contributed by atoms with Crippen molar-refractivity contribution in [3.05, 3.63) is 32.4 Å². The zero-order valence-electron chi connectivity index (χ0n) is 15.9. The third-order valence-corrected chi connectivity index (χ3v) is 6.50. The average Bonchev–Trinajstić information content (AvgIpc) is 3.12. The monoisotopic (exact) mass is 409 g/mol. The Morgan fingerprint density at radius 1 is 1.30 bits per heavy atom. The van der Waals surface area contributed by atoms with E-state index in [1.807, 2.05) is 13.8 Å². The second-order valence-corrected chi connectivity index (χ2v) is 8.12. The van der Waals surface area contributed by atoms with Gasteiger partial charge in [-0.05, 0) is 52.0 Å². The number of carbonyl (C=O) groups is 2. The molecular formula is C19H24ClN3O3S. The lowest BCUT2D eigenvalue weighted by Gasteiger charge is -2.12. The molecule has 0 radical (unpaired) electrons. The molecule has 1 aliphatic rings. The summed E-state index contributed by atoms with van der Waals surface area (Å²) in [7, 11) is 0. The molecule has 1 N–H and O–H groups in total. The Hall–Kier alpha value is -1.86. The van der Waals surface area contributed by atoms with E-state index in [4.69, 9.17) is 16.3 Å². The first-order valence-electron chi connectivity index (χ1n) is 9.23. The predicted octanol–water partition coefficient (Wildman–Crippen LogP) is 4.30. The maximum atomic E-state index is 12.5. The Balaban J connectivity index is 1.74. The van der Waals surface area contributed by atoms with Crippen LogP contribution in [0, 0.1) is 13.8 Å². The van der Waals surface area contributed by atoms with Gasteiger partial charge in [0.15, 0.2) is 0 Å². The Bertz CT molecular complexity index is 872. The number of rotatable bonds is 6. The summed E-state index contributed by atoms with van der Waals surface area (Å²) in [6, 6.07) is 0. The molecule has 0 aliphatic heterocycles. The summed E-state index contributed by atoms with van der Waals surface area (Å²) >= 11 is 7.65. The number of anilines is 1. The number of ether oxygens (including phenoxy) is 1. The number of hydrogen-bond acceptors (Lipinski definition) is 5. The van der Waals surface area contributed by atoms with Crippen molar-refractivity contribution in [2.75, 3.05) is 11.9 Å². The van der Waals surface area contributed by atoms with E-state index in [9.17, 15) is 9.59 Å². The fraction of sp³-hybridized carbons (Fsp3) is 0.526.